The molecule has 0 aromatic heterocycles. The Morgan fingerprint density at radius 2 is 1.74 bits per heavy atom. The molecule has 2 N–H and O–H groups in total. The summed E-state index contributed by atoms with van der Waals surface area (Å²) in [6.07, 6.45) is 0.245. The molecule has 0 saturated carbocycles. The van der Waals surface area contributed by atoms with Crippen molar-refractivity contribution in [3.63, 3.8) is 0 Å². The number of carbonyl (C=O) groups is 3. The van der Waals surface area contributed by atoms with Gasteiger partial charge in [0.15, 0.2) is 0 Å². The first-order chi connectivity index (χ1) is 12.8. The van der Waals surface area contributed by atoms with Crippen LogP contribution in [0.15, 0.2) is 48.5 Å². The number of hydrogen-bond donors (Lipinski definition) is 2. The van der Waals surface area contributed by atoms with Gasteiger partial charge in [-0.05, 0) is 35.9 Å². The molecule has 2 rings (SSSR count). The van der Waals surface area contributed by atoms with Crippen LogP contribution in [0.2, 0.25) is 5.02 Å². The van der Waals surface area contributed by atoms with Gasteiger partial charge in [-0.1, -0.05) is 29.8 Å². The van der Waals surface area contributed by atoms with Crippen LogP contribution in [0.25, 0.3) is 0 Å². The van der Waals surface area contributed by atoms with E-state index >= 15 is 0 Å². The number of nitrogens with zero attached hydrogens (tertiary/aromatic N) is 1. The zero-order chi connectivity index (χ0) is 19.8. The molecule has 0 heterocycles. The zero-order valence-corrected chi connectivity index (χ0v) is 16.0. The SMILES string of the molecule is CC(=O)Nc1cccc(N(CCNC(=O)Cc2ccc(Cl)cc2)C(C)=O)c1. The molecule has 0 aliphatic heterocycles. The zero-order valence-electron chi connectivity index (χ0n) is 15.3. The van der Waals surface area contributed by atoms with Gasteiger partial charge in [-0.25, -0.2) is 0 Å². The molecule has 2 aromatic rings. The van der Waals surface area contributed by atoms with Gasteiger partial charge in [0.2, 0.25) is 17.7 Å². The average Bonchev–Trinajstić information content (AvgIpc) is 2.60. The predicted octanol–water partition coefficient (Wildman–Crippen LogP) is 3.01. The second kappa shape index (κ2) is 9.73. The van der Waals surface area contributed by atoms with E-state index in [1.54, 1.807) is 53.4 Å². The Bertz CT molecular complexity index is 821. The molecule has 27 heavy (non-hydrogen) atoms. The summed E-state index contributed by atoms with van der Waals surface area (Å²) in [6, 6.07) is 14.1. The number of carbonyl (C=O) groups excluding carboxylic acids is 3. The summed E-state index contributed by atoms with van der Waals surface area (Å²) < 4.78 is 0. The highest BCUT2D eigenvalue weighted by Crippen LogP contribution is 2.19. The minimum Gasteiger partial charge on any atom is -0.354 e. The normalized spacial score (nSPS) is 10.2. The van der Waals surface area contributed by atoms with Crippen LogP contribution in [-0.2, 0) is 20.8 Å². The minimum atomic E-state index is -0.184. The summed E-state index contributed by atoms with van der Waals surface area (Å²) >= 11 is 5.83. The summed E-state index contributed by atoms with van der Waals surface area (Å²) in [5.74, 6) is -0.467. The Balaban J connectivity index is 1.92. The Morgan fingerprint density at radius 3 is 2.37 bits per heavy atom. The standard InChI is InChI=1S/C20H22ClN3O3/c1-14(25)23-18-4-3-5-19(13-18)24(15(2)26)11-10-22-20(27)12-16-6-8-17(21)9-7-16/h3-9,13H,10-12H2,1-2H3,(H,22,27)(H,23,25). The van der Waals surface area contributed by atoms with E-state index < -0.39 is 0 Å². The highest BCUT2D eigenvalue weighted by Gasteiger charge is 2.13. The summed E-state index contributed by atoms with van der Waals surface area (Å²) in [5.41, 5.74) is 2.13. The van der Waals surface area contributed by atoms with Crippen LogP contribution in [0.1, 0.15) is 19.4 Å². The van der Waals surface area contributed by atoms with E-state index in [1.807, 2.05) is 0 Å². The van der Waals surface area contributed by atoms with Crippen molar-refractivity contribution in [3.05, 3.63) is 59.1 Å². The van der Waals surface area contributed by atoms with Crippen molar-refractivity contribution in [1.82, 2.24) is 5.32 Å². The lowest BCUT2D eigenvalue weighted by atomic mass is 10.1. The second-order valence-corrected chi connectivity index (χ2v) is 6.49. The topological polar surface area (TPSA) is 78.5 Å². The molecular weight excluding hydrogens is 366 g/mol. The minimum absolute atomic E-state index is 0.132. The monoisotopic (exact) mass is 387 g/mol. The molecule has 0 saturated heterocycles. The van der Waals surface area contributed by atoms with Crippen molar-refractivity contribution in [2.75, 3.05) is 23.3 Å². The van der Waals surface area contributed by atoms with Crippen LogP contribution < -0.4 is 15.5 Å². The van der Waals surface area contributed by atoms with Crippen LogP contribution in [0.5, 0.6) is 0 Å². The molecule has 6 nitrogen and oxygen atoms in total. The van der Waals surface area contributed by atoms with Gasteiger partial charge in [0.05, 0.1) is 6.42 Å². The number of rotatable bonds is 7. The highest BCUT2D eigenvalue weighted by atomic mass is 35.5. The van der Waals surface area contributed by atoms with Gasteiger partial charge in [0.25, 0.3) is 0 Å². The fourth-order valence-corrected chi connectivity index (χ4v) is 2.71. The smallest absolute Gasteiger partial charge is 0.224 e. The van der Waals surface area contributed by atoms with Gasteiger partial charge in [-0.3, -0.25) is 14.4 Å². The van der Waals surface area contributed by atoms with Crippen molar-refractivity contribution in [3.8, 4) is 0 Å². The number of hydrogen-bond acceptors (Lipinski definition) is 3. The molecule has 3 amide bonds. The Labute approximate surface area is 163 Å². The predicted molar refractivity (Wildman–Crippen MR) is 107 cm³/mol. The quantitative estimate of drug-likeness (QED) is 0.766. The first-order valence-corrected chi connectivity index (χ1v) is 8.90. The fraction of sp³-hybridized carbons (Fsp3) is 0.250. The largest absolute Gasteiger partial charge is 0.354 e. The van der Waals surface area contributed by atoms with Gasteiger partial charge < -0.3 is 15.5 Å². The third-order valence-corrected chi connectivity index (χ3v) is 4.05. The maximum atomic E-state index is 12.1. The molecule has 0 fully saturated rings. The van der Waals surface area contributed by atoms with Crippen LogP contribution in [0.3, 0.4) is 0 Å². The van der Waals surface area contributed by atoms with E-state index in [-0.39, 0.29) is 24.1 Å². The third kappa shape index (κ3) is 6.75. The van der Waals surface area contributed by atoms with Crippen molar-refractivity contribution in [2.24, 2.45) is 0 Å². The highest BCUT2D eigenvalue weighted by molar-refractivity contribution is 6.30. The lowest BCUT2D eigenvalue weighted by molar-refractivity contribution is -0.121. The maximum absolute atomic E-state index is 12.1. The van der Waals surface area contributed by atoms with Crippen LogP contribution in [0.4, 0.5) is 11.4 Å². The van der Waals surface area contributed by atoms with E-state index in [0.717, 1.165) is 5.56 Å². The second-order valence-electron chi connectivity index (χ2n) is 6.06. The van der Waals surface area contributed by atoms with Crippen molar-refractivity contribution < 1.29 is 14.4 Å². The Kier molecular flexibility index (Phi) is 7.37. The number of anilines is 2. The maximum Gasteiger partial charge on any atom is 0.224 e. The molecule has 2 aromatic carbocycles. The molecular formula is C20H22ClN3O3. The Morgan fingerprint density at radius 1 is 1.04 bits per heavy atom. The molecule has 0 aliphatic carbocycles. The molecule has 0 aliphatic rings. The lowest BCUT2D eigenvalue weighted by Gasteiger charge is -2.22. The molecule has 7 heteroatoms. The fourth-order valence-electron chi connectivity index (χ4n) is 2.58. The number of nitrogens with one attached hydrogen (secondary N) is 2. The van der Waals surface area contributed by atoms with Gasteiger partial charge in [-0.15, -0.1) is 0 Å². The van der Waals surface area contributed by atoms with Gasteiger partial charge in [0, 0.05) is 43.3 Å². The van der Waals surface area contributed by atoms with Crippen molar-refractivity contribution in [1.29, 1.82) is 0 Å². The average molecular weight is 388 g/mol. The molecule has 0 spiro atoms. The first kappa shape index (κ1) is 20.5. The lowest BCUT2D eigenvalue weighted by Crippen LogP contribution is -2.38. The molecule has 0 bridgehead atoms. The first-order valence-electron chi connectivity index (χ1n) is 8.52. The van der Waals surface area contributed by atoms with Gasteiger partial charge in [-0.2, -0.15) is 0 Å². The summed E-state index contributed by atoms with van der Waals surface area (Å²) in [5, 5.41) is 6.12. The van der Waals surface area contributed by atoms with E-state index in [4.69, 9.17) is 11.6 Å². The van der Waals surface area contributed by atoms with Crippen molar-refractivity contribution >= 4 is 40.7 Å². The van der Waals surface area contributed by atoms with Gasteiger partial charge >= 0.3 is 0 Å². The molecule has 142 valence electrons. The Hall–Kier alpha value is -2.86. The van der Waals surface area contributed by atoms with Crippen LogP contribution in [-0.4, -0.2) is 30.8 Å². The summed E-state index contributed by atoms with van der Waals surface area (Å²) in [4.78, 5) is 36.8. The van der Waals surface area contributed by atoms with Crippen molar-refractivity contribution in [2.45, 2.75) is 20.3 Å². The molecule has 0 atom stereocenters. The number of halogens is 1. The van der Waals surface area contributed by atoms with Gasteiger partial charge in [0.1, 0.15) is 0 Å². The van der Waals surface area contributed by atoms with Crippen LogP contribution >= 0.6 is 11.6 Å². The number of amides is 3. The van der Waals surface area contributed by atoms with E-state index in [2.05, 4.69) is 10.6 Å². The van der Waals surface area contributed by atoms with E-state index in [9.17, 15) is 14.4 Å². The van der Waals surface area contributed by atoms with Crippen LogP contribution in [0, 0.1) is 0 Å². The summed E-state index contributed by atoms with van der Waals surface area (Å²) in [6.45, 7) is 3.52. The van der Waals surface area contributed by atoms with E-state index in [1.165, 1.54) is 13.8 Å². The third-order valence-electron chi connectivity index (χ3n) is 3.79. The summed E-state index contributed by atoms with van der Waals surface area (Å²) in [7, 11) is 0. The molecule has 0 radical (unpaired) electrons. The molecule has 0 unspecified atom stereocenters. The number of benzene rings is 2. The van der Waals surface area contributed by atoms with E-state index in [0.29, 0.717) is 29.5 Å².